The summed E-state index contributed by atoms with van der Waals surface area (Å²) >= 11 is 1.19. The van der Waals surface area contributed by atoms with E-state index in [4.69, 9.17) is 4.42 Å². The maximum Gasteiger partial charge on any atom is 0.277 e. The Morgan fingerprint density at radius 1 is 1.17 bits per heavy atom. The molecule has 10 heteroatoms. The van der Waals surface area contributed by atoms with Crippen molar-refractivity contribution in [3.63, 3.8) is 0 Å². The van der Waals surface area contributed by atoms with Gasteiger partial charge in [-0.2, -0.15) is 0 Å². The molecule has 1 aliphatic carbocycles. The van der Waals surface area contributed by atoms with Crippen LogP contribution in [0, 0.1) is 0 Å². The molecule has 29 heavy (non-hydrogen) atoms. The SMILES string of the molecule is O=C(CSc1nnc(-c2cccnc2)o1)N(C1CCCCC1)C1CCS(=O)(=O)C1. The fourth-order valence-corrected chi connectivity index (χ4v) is 6.48. The second-order valence-corrected chi connectivity index (χ2v) is 10.7. The fourth-order valence-electron chi connectivity index (χ4n) is 4.13. The van der Waals surface area contributed by atoms with E-state index in [1.54, 1.807) is 18.5 Å². The Morgan fingerprint density at radius 2 is 2.00 bits per heavy atom. The number of carbonyl (C=O) groups is 1. The van der Waals surface area contributed by atoms with E-state index in [-0.39, 0.29) is 35.2 Å². The summed E-state index contributed by atoms with van der Waals surface area (Å²) < 4.78 is 29.6. The van der Waals surface area contributed by atoms with E-state index in [9.17, 15) is 13.2 Å². The second-order valence-electron chi connectivity index (χ2n) is 7.55. The average Bonchev–Trinajstić information content (AvgIpc) is 3.34. The monoisotopic (exact) mass is 436 g/mol. The van der Waals surface area contributed by atoms with Crippen LogP contribution in [-0.2, 0) is 14.6 Å². The van der Waals surface area contributed by atoms with Gasteiger partial charge in [-0.25, -0.2) is 8.42 Å². The van der Waals surface area contributed by atoms with Crippen molar-refractivity contribution in [3.8, 4) is 11.5 Å². The van der Waals surface area contributed by atoms with Crippen LogP contribution in [0.2, 0.25) is 0 Å². The van der Waals surface area contributed by atoms with Crippen molar-refractivity contribution in [1.29, 1.82) is 0 Å². The third-order valence-corrected chi connectivity index (χ3v) is 8.05. The highest BCUT2D eigenvalue weighted by Gasteiger charge is 2.38. The molecule has 156 valence electrons. The molecule has 1 amide bonds. The molecule has 1 saturated heterocycles. The summed E-state index contributed by atoms with van der Waals surface area (Å²) in [4.78, 5) is 19.0. The van der Waals surface area contributed by atoms with Crippen LogP contribution in [0.5, 0.6) is 0 Å². The van der Waals surface area contributed by atoms with Crippen molar-refractivity contribution in [3.05, 3.63) is 24.5 Å². The zero-order valence-electron chi connectivity index (χ0n) is 16.1. The minimum Gasteiger partial charge on any atom is -0.411 e. The predicted molar refractivity (Wildman–Crippen MR) is 109 cm³/mol. The Bertz CT molecular complexity index is 942. The molecule has 1 atom stereocenters. The molecule has 4 rings (SSSR count). The highest BCUT2D eigenvalue weighted by Crippen LogP contribution is 2.30. The molecule has 1 saturated carbocycles. The number of pyridine rings is 1. The molecule has 2 aromatic heterocycles. The number of carbonyl (C=O) groups excluding carboxylic acids is 1. The molecule has 0 aromatic carbocycles. The zero-order chi connectivity index (χ0) is 20.3. The lowest BCUT2D eigenvalue weighted by molar-refractivity contribution is -0.133. The first kappa shape index (κ1) is 20.3. The summed E-state index contributed by atoms with van der Waals surface area (Å²) in [6.07, 6.45) is 9.06. The third-order valence-electron chi connectivity index (χ3n) is 5.49. The fraction of sp³-hybridized carbons (Fsp3) is 0.579. The maximum absolute atomic E-state index is 13.1. The number of thioether (sulfide) groups is 1. The summed E-state index contributed by atoms with van der Waals surface area (Å²) in [5.41, 5.74) is 0.721. The van der Waals surface area contributed by atoms with Crippen molar-refractivity contribution in [2.24, 2.45) is 0 Å². The predicted octanol–water partition coefficient (Wildman–Crippen LogP) is 2.57. The number of hydrogen-bond acceptors (Lipinski definition) is 8. The lowest BCUT2D eigenvalue weighted by Gasteiger charge is -2.38. The summed E-state index contributed by atoms with van der Waals surface area (Å²) in [6.45, 7) is 0. The van der Waals surface area contributed by atoms with E-state index in [1.807, 2.05) is 11.0 Å². The van der Waals surface area contributed by atoms with Crippen LogP contribution in [0.1, 0.15) is 38.5 Å². The Balaban J connectivity index is 1.43. The minimum atomic E-state index is -3.05. The first-order valence-corrected chi connectivity index (χ1v) is 12.7. The van der Waals surface area contributed by atoms with Gasteiger partial charge < -0.3 is 9.32 Å². The number of aromatic nitrogens is 3. The number of amides is 1. The van der Waals surface area contributed by atoms with Crippen LogP contribution >= 0.6 is 11.8 Å². The summed E-state index contributed by atoms with van der Waals surface area (Å²) in [5, 5.41) is 8.34. The molecule has 0 N–H and O–H groups in total. The van der Waals surface area contributed by atoms with Gasteiger partial charge in [0.15, 0.2) is 9.84 Å². The molecule has 2 aliphatic rings. The van der Waals surface area contributed by atoms with Crippen LogP contribution in [0.4, 0.5) is 0 Å². The van der Waals surface area contributed by atoms with Gasteiger partial charge in [0.1, 0.15) is 0 Å². The van der Waals surface area contributed by atoms with Crippen LogP contribution in [0.25, 0.3) is 11.5 Å². The molecule has 0 bridgehead atoms. The smallest absolute Gasteiger partial charge is 0.277 e. The topological polar surface area (TPSA) is 106 Å². The zero-order valence-corrected chi connectivity index (χ0v) is 17.7. The van der Waals surface area contributed by atoms with Crippen molar-refractivity contribution < 1.29 is 17.6 Å². The maximum atomic E-state index is 13.1. The number of rotatable bonds is 6. The Hall–Kier alpha value is -1.94. The van der Waals surface area contributed by atoms with E-state index in [0.29, 0.717) is 17.5 Å². The van der Waals surface area contributed by atoms with E-state index < -0.39 is 9.84 Å². The van der Waals surface area contributed by atoms with Gasteiger partial charge >= 0.3 is 0 Å². The first-order valence-electron chi connectivity index (χ1n) is 9.90. The van der Waals surface area contributed by atoms with Crippen molar-refractivity contribution in [2.45, 2.75) is 55.8 Å². The molecule has 0 spiro atoms. The molecular weight excluding hydrogens is 412 g/mol. The van der Waals surface area contributed by atoms with E-state index in [1.165, 1.54) is 18.2 Å². The third kappa shape index (κ3) is 4.98. The van der Waals surface area contributed by atoms with Gasteiger partial charge in [0.05, 0.1) is 22.8 Å². The standard InChI is InChI=1S/C19H24N4O4S2/c24-17(12-28-19-22-21-18(27-19)14-5-4-9-20-11-14)23(15-6-2-1-3-7-15)16-8-10-29(25,26)13-16/h4-5,9,11,15-16H,1-3,6-8,10,12-13H2. The summed E-state index contributed by atoms with van der Waals surface area (Å²) in [5.74, 6) is 0.705. The highest BCUT2D eigenvalue weighted by molar-refractivity contribution is 7.99. The molecule has 0 radical (unpaired) electrons. The molecule has 2 fully saturated rings. The molecule has 1 unspecified atom stereocenters. The number of hydrogen-bond donors (Lipinski definition) is 0. The average molecular weight is 437 g/mol. The normalized spacial score (nSPS) is 21.9. The molecule has 8 nitrogen and oxygen atoms in total. The Kier molecular flexibility index (Phi) is 6.19. The van der Waals surface area contributed by atoms with Crippen LogP contribution < -0.4 is 0 Å². The van der Waals surface area contributed by atoms with Gasteiger partial charge in [-0.15, -0.1) is 10.2 Å². The number of sulfone groups is 1. The van der Waals surface area contributed by atoms with Gasteiger partial charge in [-0.05, 0) is 31.4 Å². The molecule has 2 aromatic rings. The van der Waals surface area contributed by atoms with Crippen molar-refractivity contribution in [1.82, 2.24) is 20.1 Å². The van der Waals surface area contributed by atoms with Gasteiger partial charge in [-0.3, -0.25) is 9.78 Å². The van der Waals surface area contributed by atoms with Gasteiger partial charge in [0.25, 0.3) is 5.22 Å². The van der Waals surface area contributed by atoms with Crippen LogP contribution in [0.15, 0.2) is 34.2 Å². The minimum absolute atomic E-state index is 0.0508. The van der Waals surface area contributed by atoms with Gasteiger partial charge in [0, 0.05) is 24.5 Å². The van der Waals surface area contributed by atoms with Crippen LogP contribution in [0.3, 0.4) is 0 Å². The quantitative estimate of drug-likeness (QED) is 0.636. The Morgan fingerprint density at radius 3 is 2.69 bits per heavy atom. The molecular formula is C19H24N4O4S2. The van der Waals surface area contributed by atoms with Gasteiger partial charge in [-0.1, -0.05) is 31.0 Å². The van der Waals surface area contributed by atoms with Crippen molar-refractivity contribution in [2.75, 3.05) is 17.3 Å². The van der Waals surface area contributed by atoms with E-state index in [0.717, 1.165) is 31.2 Å². The van der Waals surface area contributed by atoms with Gasteiger partial charge in [0.2, 0.25) is 11.8 Å². The second kappa shape index (κ2) is 8.83. The lowest BCUT2D eigenvalue weighted by atomic mass is 9.93. The van der Waals surface area contributed by atoms with E-state index >= 15 is 0 Å². The highest BCUT2D eigenvalue weighted by atomic mass is 32.2. The number of nitrogens with zero attached hydrogens (tertiary/aromatic N) is 4. The lowest BCUT2D eigenvalue weighted by Crippen LogP contribution is -2.49. The van der Waals surface area contributed by atoms with E-state index in [2.05, 4.69) is 15.2 Å². The molecule has 1 aliphatic heterocycles. The largest absolute Gasteiger partial charge is 0.411 e. The molecule has 3 heterocycles. The van der Waals surface area contributed by atoms with Crippen molar-refractivity contribution >= 4 is 27.5 Å². The first-order chi connectivity index (χ1) is 14.0. The summed E-state index contributed by atoms with van der Waals surface area (Å²) in [7, 11) is -3.05. The summed E-state index contributed by atoms with van der Waals surface area (Å²) in [6, 6.07) is 3.52. The Labute approximate surface area is 174 Å². The van der Waals surface area contributed by atoms with Crippen LogP contribution in [-0.4, -0.2) is 63.7 Å².